The molecule has 1 aliphatic rings. The Morgan fingerprint density at radius 3 is 2.87 bits per heavy atom. The maximum Gasteiger partial charge on any atom is 0.274 e. The highest BCUT2D eigenvalue weighted by Crippen LogP contribution is 2.28. The van der Waals surface area contributed by atoms with Crippen molar-refractivity contribution in [2.75, 3.05) is 13.1 Å². The van der Waals surface area contributed by atoms with Crippen molar-refractivity contribution < 1.29 is 9.53 Å². The Morgan fingerprint density at radius 1 is 1.26 bits per heavy atom. The highest BCUT2D eigenvalue weighted by molar-refractivity contribution is 6.42. The molecule has 1 atom stereocenters. The van der Waals surface area contributed by atoms with Crippen molar-refractivity contribution in [1.29, 1.82) is 0 Å². The number of hydrogen-bond acceptors (Lipinski definition) is 4. The van der Waals surface area contributed by atoms with Crippen molar-refractivity contribution >= 4 is 29.1 Å². The summed E-state index contributed by atoms with van der Waals surface area (Å²) in [7, 11) is 0. The Kier molecular flexibility index (Phi) is 4.98. The molecule has 23 heavy (non-hydrogen) atoms. The van der Waals surface area contributed by atoms with Crippen molar-refractivity contribution in [3.05, 3.63) is 52.5 Å². The minimum atomic E-state index is -0.125. The largest absolute Gasteiger partial charge is 0.489 e. The first kappa shape index (κ1) is 16.0. The van der Waals surface area contributed by atoms with Gasteiger partial charge in [-0.2, -0.15) is 0 Å². The molecule has 120 valence electrons. The molecule has 0 bridgehead atoms. The SMILES string of the molecule is O=C(c1cnccn1)N1CCCC(Oc2ccc(Cl)c(Cl)c2)C1. The Labute approximate surface area is 144 Å². The van der Waals surface area contributed by atoms with Crippen LogP contribution >= 0.6 is 23.2 Å². The molecule has 1 fully saturated rings. The number of halogens is 2. The van der Waals surface area contributed by atoms with Crippen LogP contribution in [0.1, 0.15) is 23.3 Å². The zero-order chi connectivity index (χ0) is 16.2. The normalized spacial score (nSPS) is 17.8. The van der Waals surface area contributed by atoms with Gasteiger partial charge in [0, 0.05) is 25.0 Å². The van der Waals surface area contributed by atoms with Gasteiger partial charge in [0.15, 0.2) is 0 Å². The van der Waals surface area contributed by atoms with Crippen LogP contribution in [0.4, 0.5) is 0 Å². The Balaban J connectivity index is 1.66. The third-order valence-corrected chi connectivity index (χ3v) is 4.38. The predicted octanol–water partition coefficient (Wildman–Crippen LogP) is 3.47. The van der Waals surface area contributed by atoms with Crippen molar-refractivity contribution in [2.45, 2.75) is 18.9 Å². The summed E-state index contributed by atoms with van der Waals surface area (Å²) < 4.78 is 5.93. The van der Waals surface area contributed by atoms with Gasteiger partial charge < -0.3 is 9.64 Å². The number of aromatic nitrogens is 2. The molecule has 1 amide bonds. The number of carbonyl (C=O) groups excluding carboxylic acids is 1. The smallest absolute Gasteiger partial charge is 0.274 e. The van der Waals surface area contributed by atoms with Gasteiger partial charge in [-0.15, -0.1) is 0 Å². The van der Waals surface area contributed by atoms with Crippen LogP contribution in [0.3, 0.4) is 0 Å². The maximum atomic E-state index is 12.4. The predicted molar refractivity (Wildman–Crippen MR) is 88.0 cm³/mol. The number of benzene rings is 1. The molecule has 7 heteroatoms. The van der Waals surface area contributed by atoms with Gasteiger partial charge in [-0.1, -0.05) is 23.2 Å². The lowest BCUT2D eigenvalue weighted by Crippen LogP contribution is -2.44. The first-order chi connectivity index (χ1) is 11.1. The molecule has 1 saturated heterocycles. The summed E-state index contributed by atoms with van der Waals surface area (Å²) in [5.41, 5.74) is 0.350. The summed E-state index contributed by atoms with van der Waals surface area (Å²) in [5.74, 6) is 0.527. The number of nitrogens with zero attached hydrogens (tertiary/aromatic N) is 3. The van der Waals surface area contributed by atoms with E-state index in [-0.39, 0.29) is 12.0 Å². The fourth-order valence-corrected chi connectivity index (χ4v) is 2.82. The Bertz CT molecular complexity index is 697. The summed E-state index contributed by atoms with van der Waals surface area (Å²) in [6.45, 7) is 1.20. The van der Waals surface area contributed by atoms with Crippen LogP contribution in [0.2, 0.25) is 10.0 Å². The van der Waals surface area contributed by atoms with Gasteiger partial charge in [0.1, 0.15) is 17.5 Å². The fourth-order valence-electron chi connectivity index (χ4n) is 2.53. The average molecular weight is 352 g/mol. The summed E-state index contributed by atoms with van der Waals surface area (Å²) in [6.07, 6.45) is 6.21. The van der Waals surface area contributed by atoms with Crippen molar-refractivity contribution in [3.8, 4) is 5.75 Å². The molecule has 0 aliphatic carbocycles. The van der Waals surface area contributed by atoms with E-state index in [1.807, 2.05) is 0 Å². The number of hydrogen-bond donors (Lipinski definition) is 0. The Hall–Kier alpha value is -1.85. The maximum absolute atomic E-state index is 12.4. The molecule has 1 unspecified atom stereocenters. The number of ether oxygens (including phenoxy) is 1. The number of carbonyl (C=O) groups is 1. The van der Waals surface area contributed by atoms with Crippen molar-refractivity contribution in [2.24, 2.45) is 0 Å². The van der Waals surface area contributed by atoms with Gasteiger partial charge in [0.2, 0.25) is 0 Å². The van der Waals surface area contributed by atoms with Gasteiger partial charge in [0.25, 0.3) is 5.91 Å². The van der Waals surface area contributed by atoms with Crippen molar-refractivity contribution in [3.63, 3.8) is 0 Å². The summed E-state index contributed by atoms with van der Waals surface area (Å²) in [4.78, 5) is 22.2. The lowest BCUT2D eigenvalue weighted by molar-refractivity contribution is 0.0532. The number of likely N-dealkylation sites (tertiary alicyclic amines) is 1. The summed E-state index contributed by atoms with van der Waals surface area (Å²) >= 11 is 11.9. The standard InChI is InChI=1S/C16H15Cl2N3O2/c17-13-4-3-11(8-14(13)18)23-12-2-1-7-21(10-12)16(22)15-9-19-5-6-20-15/h3-6,8-9,12H,1-2,7,10H2. The molecule has 2 aromatic rings. The van der Waals surface area contributed by atoms with Crippen LogP contribution in [0.15, 0.2) is 36.8 Å². The van der Waals surface area contributed by atoms with E-state index in [1.165, 1.54) is 12.4 Å². The lowest BCUT2D eigenvalue weighted by atomic mass is 10.1. The molecule has 2 heterocycles. The second-order valence-corrected chi connectivity index (χ2v) is 6.11. The first-order valence-electron chi connectivity index (χ1n) is 7.30. The zero-order valence-corrected chi connectivity index (χ0v) is 13.8. The molecule has 0 radical (unpaired) electrons. The van der Waals surface area contributed by atoms with Gasteiger partial charge in [0.05, 0.1) is 22.8 Å². The van der Waals surface area contributed by atoms with Crippen LogP contribution in [0.25, 0.3) is 0 Å². The number of amides is 1. The highest BCUT2D eigenvalue weighted by atomic mass is 35.5. The molecule has 0 spiro atoms. The molecule has 1 aromatic heterocycles. The molecule has 3 rings (SSSR count). The minimum absolute atomic E-state index is 0.0818. The van der Waals surface area contributed by atoms with E-state index in [9.17, 15) is 4.79 Å². The van der Waals surface area contributed by atoms with E-state index in [4.69, 9.17) is 27.9 Å². The third-order valence-electron chi connectivity index (χ3n) is 3.64. The molecule has 1 aliphatic heterocycles. The molecular formula is C16H15Cl2N3O2. The topological polar surface area (TPSA) is 55.3 Å². The van der Waals surface area contributed by atoms with E-state index in [1.54, 1.807) is 29.3 Å². The van der Waals surface area contributed by atoms with Gasteiger partial charge in [-0.25, -0.2) is 4.98 Å². The zero-order valence-electron chi connectivity index (χ0n) is 12.3. The second-order valence-electron chi connectivity index (χ2n) is 5.30. The van der Waals surface area contributed by atoms with E-state index in [2.05, 4.69) is 9.97 Å². The van der Waals surface area contributed by atoms with Crippen LogP contribution in [0.5, 0.6) is 5.75 Å². The quantitative estimate of drug-likeness (QED) is 0.849. The molecule has 0 N–H and O–H groups in total. The monoisotopic (exact) mass is 351 g/mol. The number of rotatable bonds is 3. The minimum Gasteiger partial charge on any atom is -0.489 e. The highest BCUT2D eigenvalue weighted by Gasteiger charge is 2.26. The molecule has 5 nitrogen and oxygen atoms in total. The molecule has 0 saturated carbocycles. The third kappa shape index (κ3) is 3.92. The van der Waals surface area contributed by atoms with E-state index in [0.29, 0.717) is 34.6 Å². The van der Waals surface area contributed by atoms with Gasteiger partial charge >= 0.3 is 0 Å². The second kappa shape index (κ2) is 7.15. The van der Waals surface area contributed by atoms with Crippen molar-refractivity contribution in [1.82, 2.24) is 14.9 Å². The average Bonchev–Trinajstić information content (AvgIpc) is 2.58. The van der Waals surface area contributed by atoms with E-state index in [0.717, 1.165) is 12.8 Å². The fraction of sp³-hybridized carbons (Fsp3) is 0.312. The van der Waals surface area contributed by atoms with E-state index < -0.39 is 0 Å². The van der Waals surface area contributed by atoms with Crippen LogP contribution in [0, 0.1) is 0 Å². The van der Waals surface area contributed by atoms with E-state index >= 15 is 0 Å². The Morgan fingerprint density at radius 2 is 2.13 bits per heavy atom. The molecule has 1 aromatic carbocycles. The molecular weight excluding hydrogens is 337 g/mol. The summed E-state index contributed by atoms with van der Waals surface area (Å²) in [6, 6.07) is 5.16. The first-order valence-corrected chi connectivity index (χ1v) is 8.06. The van der Waals surface area contributed by atoms with Gasteiger partial charge in [-0.05, 0) is 25.0 Å². The number of piperidine rings is 1. The van der Waals surface area contributed by atoms with Gasteiger partial charge in [-0.3, -0.25) is 9.78 Å². The van der Waals surface area contributed by atoms with Crippen LogP contribution in [-0.2, 0) is 0 Å². The van der Waals surface area contributed by atoms with Crippen LogP contribution in [-0.4, -0.2) is 40.0 Å². The van der Waals surface area contributed by atoms with Crippen LogP contribution < -0.4 is 4.74 Å². The lowest BCUT2D eigenvalue weighted by Gasteiger charge is -2.32. The summed E-state index contributed by atoms with van der Waals surface area (Å²) in [5, 5.41) is 0.939.